The first-order chi connectivity index (χ1) is 14.4. The van der Waals surface area contributed by atoms with Gasteiger partial charge in [-0.2, -0.15) is 4.31 Å². The maximum absolute atomic E-state index is 12.7. The summed E-state index contributed by atoms with van der Waals surface area (Å²) in [4.78, 5) is 24.1. The molecule has 0 aliphatic carbocycles. The summed E-state index contributed by atoms with van der Waals surface area (Å²) in [6.45, 7) is 1.08. The van der Waals surface area contributed by atoms with Crippen molar-refractivity contribution in [3.8, 4) is 5.75 Å². The Morgan fingerprint density at radius 2 is 1.80 bits per heavy atom. The smallest absolute Gasteiger partial charge is 0.262 e. The number of carbonyl (C=O) groups excluding carboxylic acids is 2. The molecule has 1 fully saturated rings. The van der Waals surface area contributed by atoms with Gasteiger partial charge in [-0.3, -0.25) is 9.59 Å². The van der Waals surface area contributed by atoms with E-state index in [4.69, 9.17) is 4.74 Å². The molecule has 8 nitrogen and oxygen atoms in total. The van der Waals surface area contributed by atoms with Gasteiger partial charge in [0.2, 0.25) is 15.9 Å². The van der Waals surface area contributed by atoms with E-state index in [1.54, 1.807) is 42.5 Å². The van der Waals surface area contributed by atoms with Crippen LogP contribution in [-0.4, -0.2) is 44.2 Å². The van der Waals surface area contributed by atoms with Gasteiger partial charge in [0.05, 0.1) is 17.0 Å². The number of ether oxygens (including phenoxy) is 1. The lowest BCUT2D eigenvalue weighted by Crippen LogP contribution is -2.35. The van der Waals surface area contributed by atoms with Crippen LogP contribution in [0.5, 0.6) is 5.75 Å². The molecule has 158 valence electrons. The van der Waals surface area contributed by atoms with Crippen molar-refractivity contribution in [3.05, 3.63) is 48.0 Å². The second kappa shape index (κ2) is 8.45. The zero-order valence-electron chi connectivity index (χ0n) is 16.4. The van der Waals surface area contributed by atoms with E-state index in [1.165, 1.54) is 4.31 Å². The molecule has 0 unspecified atom stereocenters. The summed E-state index contributed by atoms with van der Waals surface area (Å²) in [7, 11) is -3.48. The number of nitrogens with zero attached hydrogens (tertiary/aromatic N) is 1. The van der Waals surface area contributed by atoms with Crippen LogP contribution in [0.25, 0.3) is 0 Å². The van der Waals surface area contributed by atoms with Gasteiger partial charge in [-0.1, -0.05) is 18.6 Å². The van der Waals surface area contributed by atoms with Crippen LogP contribution in [-0.2, 0) is 26.0 Å². The van der Waals surface area contributed by atoms with Gasteiger partial charge in [0, 0.05) is 18.8 Å². The van der Waals surface area contributed by atoms with Gasteiger partial charge in [-0.25, -0.2) is 8.42 Å². The summed E-state index contributed by atoms with van der Waals surface area (Å²) in [5.74, 6) is 0.0633. The minimum Gasteiger partial charge on any atom is -0.482 e. The fourth-order valence-electron chi connectivity index (χ4n) is 3.59. The molecule has 9 heteroatoms. The van der Waals surface area contributed by atoms with Crippen LogP contribution in [0.15, 0.2) is 47.4 Å². The third-order valence-electron chi connectivity index (χ3n) is 5.14. The van der Waals surface area contributed by atoms with E-state index in [2.05, 4.69) is 10.6 Å². The van der Waals surface area contributed by atoms with Crippen molar-refractivity contribution in [2.75, 3.05) is 30.3 Å². The van der Waals surface area contributed by atoms with Gasteiger partial charge < -0.3 is 15.4 Å². The van der Waals surface area contributed by atoms with Crippen LogP contribution in [0.3, 0.4) is 0 Å². The molecule has 0 radical (unpaired) electrons. The van der Waals surface area contributed by atoms with Gasteiger partial charge in [0.25, 0.3) is 5.91 Å². The Morgan fingerprint density at radius 1 is 1.07 bits per heavy atom. The number of rotatable bonds is 5. The fourth-order valence-corrected chi connectivity index (χ4v) is 5.10. The number of anilines is 2. The van der Waals surface area contributed by atoms with Crippen molar-refractivity contribution < 1.29 is 22.7 Å². The molecule has 4 rings (SSSR count). The zero-order valence-corrected chi connectivity index (χ0v) is 17.2. The monoisotopic (exact) mass is 429 g/mol. The van der Waals surface area contributed by atoms with Crippen LogP contribution in [0, 0.1) is 0 Å². The third kappa shape index (κ3) is 4.47. The minimum absolute atomic E-state index is 0.0256. The van der Waals surface area contributed by atoms with Crippen LogP contribution in [0.2, 0.25) is 0 Å². The van der Waals surface area contributed by atoms with Gasteiger partial charge in [-0.05, 0) is 48.7 Å². The first-order valence-corrected chi connectivity index (χ1v) is 11.3. The number of carbonyl (C=O) groups is 2. The predicted octanol–water partition coefficient (Wildman–Crippen LogP) is 2.37. The van der Waals surface area contributed by atoms with E-state index < -0.39 is 10.0 Å². The lowest BCUT2D eigenvalue weighted by molar-refractivity contribution is -0.118. The standard InChI is InChI=1S/C21H23N3O5S/c25-20(22-16-6-9-19-18(13-16)23-21(26)14-29-19)12-15-4-7-17(8-5-15)30(27,28)24-10-2-1-3-11-24/h4-9,13H,1-3,10-12,14H2,(H,22,25)(H,23,26). The van der Waals surface area contributed by atoms with Crippen LogP contribution >= 0.6 is 0 Å². The molecule has 2 aliphatic heterocycles. The quantitative estimate of drug-likeness (QED) is 0.759. The number of sulfonamides is 1. The van der Waals surface area contributed by atoms with Gasteiger partial charge in [0.15, 0.2) is 6.61 Å². The summed E-state index contributed by atoms with van der Waals surface area (Å²) in [5, 5.41) is 5.47. The predicted molar refractivity (Wildman–Crippen MR) is 112 cm³/mol. The van der Waals surface area contributed by atoms with E-state index in [-0.39, 0.29) is 29.7 Å². The summed E-state index contributed by atoms with van der Waals surface area (Å²) >= 11 is 0. The summed E-state index contributed by atoms with van der Waals surface area (Å²) in [5.41, 5.74) is 1.75. The molecule has 0 bridgehead atoms. The molecule has 2 amide bonds. The summed E-state index contributed by atoms with van der Waals surface area (Å²) in [6, 6.07) is 11.5. The topological polar surface area (TPSA) is 105 Å². The first kappa shape index (κ1) is 20.4. The highest BCUT2D eigenvalue weighted by Gasteiger charge is 2.25. The Hall–Kier alpha value is -2.91. The third-order valence-corrected chi connectivity index (χ3v) is 7.05. The Labute approximate surface area is 175 Å². The van der Waals surface area contributed by atoms with Crippen molar-refractivity contribution in [1.82, 2.24) is 4.31 Å². The molecular formula is C21H23N3O5S. The fraction of sp³-hybridized carbons (Fsp3) is 0.333. The molecule has 0 saturated carbocycles. The molecule has 0 spiro atoms. The Balaban J connectivity index is 1.39. The molecule has 2 aromatic rings. The number of benzene rings is 2. The maximum atomic E-state index is 12.7. The molecule has 1 saturated heterocycles. The van der Waals surface area contributed by atoms with Crippen molar-refractivity contribution in [2.24, 2.45) is 0 Å². The molecule has 0 atom stereocenters. The van der Waals surface area contributed by atoms with E-state index in [0.717, 1.165) is 19.3 Å². The SMILES string of the molecule is O=C(Cc1ccc(S(=O)(=O)N2CCCCC2)cc1)Nc1ccc2c(c1)NC(=O)CO2. The van der Waals surface area contributed by atoms with E-state index in [1.807, 2.05) is 0 Å². The summed E-state index contributed by atoms with van der Waals surface area (Å²) in [6.07, 6.45) is 2.93. The molecule has 2 N–H and O–H groups in total. The molecule has 2 aromatic carbocycles. The average molecular weight is 429 g/mol. The molecular weight excluding hydrogens is 406 g/mol. The molecule has 30 heavy (non-hydrogen) atoms. The maximum Gasteiger partial charge on any atom is 0.262 e. The van der Waals surface area contributed by atoms with Gasteiger partial charge in [0.1, 0.15) is 5.75 Å². The van der Waals surface area contributed by atoms with Crippen LogP contribution in [0.4, 0.5) is 11.4 Å². The van der Waals surface area contributed by atoms with Crippen molar-refractivity contribution in [1.29, 1.82) is 0 Å². The highest BCUT2D eigenvalue weighted by atomic mass is 32.2. The van der Waals surface area contributed by atoms with Crippen LogP contribution < -0.4 is 15.4 Å². The van der Waals surface area contributed by atoms with E-state index >= 15 is 0 Å². The van der Waals surface area contributed by atoms with E-state index in [0.29, 0.717) is 35.8 Å². The minimum atomic E-state index is -3.48. The number of fused-ring (bicyclic) bond motifs is 1. The van der Waals surface area contributed by atoms with Crippen molar-refractivity contribution in [2.45, 2.75) is 30.6 Å². The van der Waals surface area contributed by atoms with Crippen molar-refractivity contribution in [3.63, 3.8) is 0 Å². The highest BCUT2D eigenvalue weighted by Crippen LogP contribution is 2.30. The Morgan fingerprint density at radius 3 is 2.53 bits per heavy atom. The Kier molecular flexibility index (Phi) is 5.74. The second-order valence-corrected chi connectivity index (χ2v) is 9.32. The lowest BCUT2D eigenvalue weighted by Gasteiger charge is -2.25. The number of hydrogen-bond acceptors (Lipinski definition) is 5. The van der Waals surface area contributed by atoms with Gasteiger partial charge >= 0.3 is 0 Å². The first-order valence-electron chi connectivity index (χ1n) is 9.87. The molecule has 0 aromatic heterocycles. The lowest BCUT2D eigenvalue weighted by atomic mass is 10.1. The second-order valence-electron chi connectivity index (χ2n) is 7.38. The molecule has 2 aliphatic rings. The summed E-state index contributed by atoms with van der Waals surface area (Å²) < 4.78 is 32.2. The Bertz CT molecular complexity index is 1060. The zero-order chi connectivity index (χ0) is 21.1. The number of piperidine rings is 1. The van der Waals surface area contributed by atoms with Gasteiger partial charge in [-0.15, -0.1) is 0 Å². The molecule has 2 heterocycles. The highest BCUT2D eigenvalue weighted by molar-refractivity contribution is 7.89. The van der Waals surface area contributed by atoms with E-state index in [9.17, 15) is 18.0 Å². The largest absolute Gasteiger partial charge is 0.482 e. The average Bonchev–Trinajstić information content (AvgIpc) is 2.74. The number of nitrogens with one attached hydrogen (secondary N) is 2. The van der Waals surface area contributed by atoms with Crippen molar-refractivity contribution >= 4 is 33.2 Å². The number of amides is 2. The van der Waals surface area contributed by atoms with Crippen LogP contribution in [0.1, 0.15) is 24.8 Å². The normalized spacial score (nSPS) is 16.9. The number of hydrogen-bond donors (Lipinski definition) is 2.